The Labute approximate surface area is 86.7 Å². The Morgan fingerprint density at radius 3 is 2.57 bits per heavy atom. The number of hydrogen-bond donors (Lipinski definition) is 0. The van der Waals surface area contributed by atoms with E-state index in [0.717, 1.165) is 5.56 Å². The fraction of sp³-hybridized carbons (Fsp3) is 0.200. The number of alkyl halides is 1. The van der Waals surface area contributed by atoms with Crippen LogP contribution in [0.1, 0.15) is 18.2 Å². The van der Waals surface area contributed by atoms with E-state index in [0.29, 0.717) is 11.7 Å². The molecule has 14 heavy (non-hydrogen) atoms. The Hall–Kier alpha value is -1.35. The summed E-state index contributed by atoms with van der Waals surface area (Å²) < 4.78 is 4.99. The molecule has 1 atom stereocenters. The Kier molecular flexibility index (Phi) is 2.50. The van der Waals surface area contributed by atoms with Gasteiger partial charge in [0.2, 0.25) is 11.7 Å². The zero-order valence-corrected chi connectivity index (χ0v) is 8.40. The van der Waals surface area contributed by atoms with Crippen molar-refractivity contribution in [2.24, 2.45) is 0 Å². The number of halogens is 1. The van der Waals surface area contributed by atoms with Gasteiger partial charge >= 0.3 is 0 Å². The third-order valence-electron chi connectivity index (χ3n) is 1.81. The smallest absolute Gasteiger partial charge is 0.244 e. The van der Waals surface area contributed by atoms with Crippen LogP contribution in [-0.4, -0.2) is 10.1 Å². The molecule has 0 N–H and O–H groups in total. The minimum atomic E-state index is -0.250. The van der Waals surface area contributed by atoms with Gasteiger partial charge in [0.15, 0.2) is 0 Å². The molecular formula is C10H9ClN2O. The molecule has 0 amide bonds. The predicted octanol–water partition coefficient (Wildman–Crippen LogP) is 3.04. The van der Waals surface area contributed by atoms with E-state index in [-0.39, 0.29) is 5.38 Å². The van der Waals surface area contributed by atoms with Gasteiger partial charge in [-0.2, -0.15) is 4.98 Å². The van der Waals surface area contributed by atoms with E-state index in [9.17, 15) is 0 Å². The summed E-state index contributed by atoms with van der Waals surface area (Å²) in [5.41, 5.74) is 0.930. The molecule has 0 aliphatic rings. The van der Waals surface area contributed by atoms with Gasteiger partial charge in [-0.05, 0) is 6.92 Å². The summed E-state index contributed by atoms with van der Waals surface area (Å²) in [4.78, 5) is 4.17. The van der Waals surface area contributed by atoms with Gasteiger partial charge in [0, 0.05) is 5.56 Å². The standard InChI is InChI=1S/C10H9ClN2O/c1-7(11)10-12-9(13-14-10)8-5-3-2-4-6-8/h2-7H,1H3. The van der Waals surface area contributed by atoms with Gasteiger partial charge in [-0.15, -0.1) is 11.6 Å². The number of nitrogens with zero attached hydrogens (tertiary/aromatic N) is 2. The first kappa shape index (κ1) is 9.21. The van der Waals surface area contributed by atoms with Crippen LogP contribution in [0.5, 0.6) is 0 Å². The van der Waals surface area contributed by atoms with Gasteiger partial charge in [0.05, 0.1) is 0 Å². The van der Waals surface area contributed by atoms with Gasteiger partial charge < -0.3 is 4.52 Å². The highest BCUT2D eigenvalue weighted by molar-refractivity contribution is 6.20. The zero-order chi connectivity index (χ0) is 9.97. The van der Waals surface area contributed by atoms with Crippen molar-refractivity contribution in [2.45, 2.75) is 12.3 Å². The maximum atomic E-state index is 5.81. The van der Waals surface area contributed by atoms with E-state index >= 15 is 0 Å². The summed E-state index contributed by atoms with van der Waals surface area (Å²) in [5, 5.41) is 3.59. The SMILES string of the molecule is CC(Cl)c1nc(-c2ccccc2)no1. The number of benzene rings is 1. The van der Waals surface area contributed by atoms with Crippen LogP contribution in [-0.2, 0) is 0 Å². The van der Waals surface area contributed by atoms with Crippen molar-refractivity contribution < 1.29 is 4.52 Å². The normalized spacial score (nSPS) is 12.7. The first-order valence-electron chi connectivity index (χ1n) is 4.30. The number of rotatable bonds is 2. The first-order valence-corrected chi connectivity index (χ1v) is 4.74. The topological polar surface area (TPSA) is 38.9 Å². The van der Waals surface area contributed by atoms with Crippen LogP contribution < -0.4 is 0 Å². The summed E-state index contributed by atoms with van der Waals surface area (Å²) >= 11 is 5.81. The molecule has 0 saturated carbocycles. The molecule has 0 bridgehead atoms. The van der Waals surface area contributed by atoms with E-state index in [4.69, 9.17) is 16.1 Å². The molecule has 4 heteroatoms. The summed E-state index contributed by atoms with van der Waals surface area (Å²) in [7, 11) is 0. The van der Waals surface area contributed by atoms with Crippen molar-refractivity contribution in [3.05, 3.63) is 36.2 Å². The molecule has 2 rings (SSSR count). The predicted molar refractivity (Wildman–Crippen MR) is 54.0 cm³/mol. The zero-order valence-electron chi connectivity index (χ0n) is 7.64. The third-order valence-corrected chi connectivity index (χ3v) is 2.00. The van der Waals surface area contributed by atoms with E-state index in [2.05, 4.69) is 10.1 Å². The Bertz CT molecular complexity index is 411. The Morgan fingerprint density at radius 1 is 1.29 bits per heavy atom. The lowest BCUT2D eigenvalue weighted by Crippen LogP contribution is -1.84. The Morgan fingerprint density at radius 2 is 2.00 bits per heavy atom. The number of aromatic nitrogens is 2. The minimum absolute atomic E-state index is 0.250. The van der Waals surface area contributed by atoms with Crippen molar-refractivity contribution in [3.8, 4) is 11.4 Å². The molecule has 2 aromatic rings. The average Bonchev–Trinajstić information content (AvgIpc) is 2.68. The molecule has 1 aromatic carbocycles. The fourth-order valence-electron chi connectivity index (χ4n) is 1.10. The number of hydrogen-bond acceptors (Lipinski definition) is 3. The molecule has 3 nitrogen and oxygen atoms in total. The summed E-state index contributed by atoms with van der Waals surface area (Å²) in [5.74, 6) is 1.03. The second kappa shape index (κ2) is 3.80. The van der Waals surface area contributed by atoms with Crippen molar-refractivity contribution in [1.82, 2.24) is 10.1 Å². The van der Waals surface area contributed by atoms with E-state index in [1.165, 1.54) is 0 Å². The lowest BCUT2D eigenvalue weighted by molar-refractivity contribution is 0.379. The first-order chi connectivity index (χ1) is 6.77. The van der Waals surface area contributed by atoms with Crippen LogP contribution in [0.25, 0.3) is 11.4 Å². The van der Waals surface area contributed by atoms with Gasteiger partial charge in [0.25, 0.3) is 0 Å². The van der Waals surface area contributed by atoms with Crippen molar-refractivity contribution >= 4 is 11.6 Å². The molecular weight excluding hydrogens is 200 g/mol. The van der Waals surface area contributed by atoms with Crippen LogP contribution in [0.2, 0.25) is 0 Å². The second-order valence-corrected chi connectivity index (χ2v) is 3.59. The van der Waals surface area contributed by atoms with E-state index in [1.807, 2.05) is 30.3 Å². The van der Waals surface area contributed by atoms with E-state index < -0.39 is 0 Å². The largest absolute Gasteiger partial charge is 0.337 e. The average molecular weight is 209 g/mol. The highest BCUT2D eigenvalue weighted by atomic mass is 35.5. The second-order valence-electron chi connectivity index (χ2n) is 2.94. The van der Waals surface area contributed by atoms with Gasteiger partial charge in [-0.3, -0.25) is 0 Å². The quantitative estimate of drug-likeness (QED) is 0.712. The summed E-state index contributed by atoms with van der Waals surface area (Å²) in [6, 6.07) is 9.64. The molecule has 72 valence electrons. The van der Waals surface area contributed by atoms with E-state index in [1.54, 1.807) is 6.92 Å². The van der Waals surface area contributed by atoms with Crippen molar-refractivity contribution in [3.63, 3.8) is 0 Å². The fourth-order valence-corrected chi connectivity index (χ4v) is 1.19. The molecule has 0 radical (unpaired) electrons. The lowest BCUT2D eigenvalue weighted by Gasteiger charge is -1.91. The van der Waals surface area contributed by atoms with Gasteiger partial charge in [-0.1, -0.05) is 35.5 Å². The molecule has 0 spiro atoms. The monoisotopic (exact) mass is 208 g/mol. The highest BCUT2D eigenvalue weighted by Crippen LogP contribution is 2.21. The van der Waals surface area contributed by atoms with Crippen LogP contribution in [0.3, 0.4) is 0 Å². The minimum Gasteiger partial charge on any atom is -0.337 e. The summed E-state index contributed by atoms with van der Waals surface area (Å²) in [6.45, 7) is 1.80. The molecule has 1 aromatic heterocycles. The molecule has 1 heterocycles. The summed E-state index contributed by atoms with van der Waals surface area (Å²) in [6.07, 6.45) is 0. The van der Waals surface area contributed by atoms with Crippen LogP contribution in [0.15, 0.2) is 34.9 Å². The maximum Gasteiger partial charge on any atom is 0.244 e. The van der Waals surface area contributed by atoms with Gasteiger partial charge in [0.1, 0.15) is 5.38 Å². The highest BCUT2D eigenvalue weighted by Gasteiger charge is 2.11. The van der Waals surface area contributed by atoms with Crippen molar-refractivity contribution in [1.29, 1.82) is 0 Å². The van der Waals surface area contributed by atoms with Crippen LogP contribution >= 0.6 is 11.6 Å². The van der Waals surface area contributed by atoms with Crippen molar-refractivity contribution in [2.75, 3.05) is 0 Å². The van der Waals surface area contributed by atoms with Gasteiger partial charge in [-0.25, -0.2) is 0 Å². The Balaban J connectivity index is 2.34. The molecule has 0 saturated heterocycles. The maximum absolute atomic E-state index is 5.81. The molecule has 0 aliphatic heterocycles. The molecule has 0 fully saturated rings. The lowest BCUT2D eigenvalue weighted by atomic mass is 10.2. The molecule has 1 unspecified atom stereocenters. The third kappa shape index (κ3) is 1.77. The molecule has 0 aliphatic carbocycles. The van der Waals surface area contributed by atoms with Crippen LogP contribution in [0, 0.1) is 0 Å². The van der Waals surface area contributed by atoms with Crippen LogP contribution in [0.4, 0.5) is 0 Å².